The summed E-state index contributed by atoms with van der Waals surface area (Å²) in [6.07, 6.45) is 6.47. The maximum atomic E-state index is 11.2. The average Bonchev–Trinajstić information content (AvgIpc) is 2.89. The number of aromatic amines is 1. The van der Waals surface area contributed by atoms with Crippen molar-refractivity contribution in [3.05, 3.63) is 52.1 Å². The Morgan fingerprint density at radius 3 is 2.72 bits per heavy atom. The lowest BCUT2D eigenvalue weighted by molar-refractivity contribution is 1.08. The van der Waals surface area contributed by atoms with Gasteiger partial charge in [-0.25, -0.2) is 9.78 Å². The first-order valence-electron chi connectivity index (χ1n) is 5.23. The van der Waals surface area contributed by atoms with Crippen LogP contribution in [0.3, 0.4) is 0 Å². The van der Waals surface area contributed by atoms with Gasteiger partial charge in [-0.05, 0) is 6.07 Å². The lowest BCUT2D eigenvalue weighted by Crippen LogP contribution is -2.09. The molecule has 0 fully saturated rings. The maximum Gasteiger partial charge on any atom is 0.345 e. The molecule has 0 unspecified atom stereocenters. The van der Waals surface area contributed by atoms with E-state index in [2.05, 4.69) is 19.9 Å². The van der Waals surface area contributed by atoms with Gasteiger partial charge in [-0.2, -0.15) is 11.3 Å². The number of aromatic nitrogens is 4. The van der Waals surface area contributed by atoms with Crippen LogP contribution in [0.1, 0.15) is 0 Å². The fourth-order valence-electron chi connectivity index (χ4n) is 1.67. The minimum absolute atomic E-state index is 0.358. The summed E-state index contributed by atoms with van der Waals surface area (Å²) < 4.78 is 0. The molecule has 0 amide bonds. The van der Waals surface area contributed by atoms with E-state index in [1.807, 2.05) is 10.8 Å². The molecule has 18 heavy (non-hydrogen) atoms. The third-order valence-corrected chi connectivity index (χ3v) is 3.21. The van der Waals surface area contributed by atoms with E-state index >= 15 is 0 Å². The molecule has 0 spiro atoms. The van der Waals surface area contributed by atoms with Crippen LogP contribution < -0.4 is 5.69 Å². The summed E-state index contributed by atoms with van der Waals surface area (Å²) in [5.74, 6) is 0. The van der Waals surface area contributed by atoms with Crippen molar-refractivity contribution in [2.45, 2.75) is 0 Å². The van der Waals surface area contributed by atoms with Gasteiger partial charge >= 0.3 is 5.69 Å². The Balaban J connectivity index is 2.16. The summed E-state index contributed by atoms with van der Waals surface area (Å²) in [7, 11) is 0. The number of nitrogens with zero attached hydrogens (tertiary/aromatic N) is 3. The van der Waals surface area contributed by atoms with E-state index in [1.54, 1.807) is 36.0 Å². The molecule has 0 aliphatic heterocycles. The van der Waals surface area contributed by atoms with Crippen molar-refractivity contribution in [3.8, 4) is 22.5 Å². The lowest BCUT2D eigenvalue weighted by atomic mass is 10.1. The summed E-state index contributed by atoms with van der Waals surface area (Å²) >= 11 is 1.55. The Morgan fingerprint density at radius 2 is 1.94 bits per heavy atom. The minimum Gasteiger partial charge on any atom is -0.305 e. The molecule has 6 heteroatoms. The SMILES string of the molecule is O=c1nccc(-c2cscc2-c2cnccn2)[nH]1. The normalized spacial score (nSPS) is 10.4. The third kappa shape index (κ3) is 1.93. The first kappa shape index (κ1) is 10.8. The van der Waals surface area contributed by atoms with Crippen LogP contribution in [0.15, 0.2) is 46.4 Å². The van der Waals surface area contributed by atoms with E-state index in [4.69, 9.17) is 0 Å². The Labute approximate surface area is 106 Å². The summed E-state index contributed by atoms with van der Waals surface area (Å²) in [5, 5.41) is 3.95. The molecule has 88 valence electrons. The van der Waals surface area contributed by atoms with Crippen molar-refractivity contribution in [2.75, 3.05) is 0 Å². The van der Waals surface area contributed by atoms with Gasteiger partial charge < -0.3 is 4.98 Å². The van der Waals surface area contributed by atoms with Gasteiger partial charge in [-0.1, -0.05) is 0 Å². The second-order valence-electron chi connectivity index (χ2n) is 3.58. The van der Waals surface area contributed by atoms with E-state index in [1.165, 1.54) is 6.20 Å². The minimum atomic E-state index is -0.358. The van der Waals surface area contributed by atoms with Gasteiger partial charge in [0.15, 0.2) is 0 Å². The molecular weight excluding hydrogens is 248 g/mol. The van der Waals surface area contributed by atoms with Crippen LogP contribution in [0.5, 0.6) is 0 Å². The number of hydrogen-bond acceptors (Lipinski definition) is 5. The summed E-state index contributed by atoms with van der Waals surface area (Å²) in [5.41, 5.74) is 3.04. The molecular formula is C12H8N4OS. The van der Waals surface area contributed by atoms with Crippen LogP contribution in [0, 0.1) is 0 Å². The maximum absolute atomic E-state index is 11.2. The zero-order valence-corrected chi connectivity index (χ0v) is 10.0. The van der Waals surface area contributed by atoms with Crippen molar-refractivity contribution < 1.29 is 0 Å². The highest BCUT2D eigenvalue weighted by Gasteiger charge is 2.10. The van der Waals surface area contributed by atoms with Crippen LogP contribution in [-0.2, 0) is 0 Å². The summed E-state index contributed by atoms with van der Waals surface area (Å²) in [4.78, 5) is 25.9. The van der Waals surface area contributed by atoms with Crippen molar-refractivity contribution in [1.82, 2.24) is 19.9 Å². The van der Waals surface area contributed by atoms with Gasteiger partial charge in [0.2, 0.25) is 0 Å². The Kier molecular flexibility index (Phi) is 2.70. The van der Waals surface area contributed by atoms with E-state index in [0.717, 1.165) is 22.5 Å². The lowest BCUT2D eigenvalue weighted by Gasteiger charge is -2.02. The largest absolute Gasteiger partial charge is 0.345 e. The predicted octanol–water partition coefficient (Wildman–Crippen LogP) is 1.96. The first-order chi connectivity index (χ1) is 8.84. The van der Waals surface area contributed by atoms with Gasteiger partial charge in [0.25, 0.3) is 0 Å². The molecule has 3 rings (SSSR count). The Morgan fingerprint density at radius 1 is 1.06 bits per heavy atom. The van der Waals surface area contributed by atoms with Crippen LogP contribution in [0.2, 0.25) is 0 Å². The molecule has 0 aliphatic rings. The van der Waals surface area contributed by atoms with Crippen molar-refractivity contribution in [3.63, 3.8) is 0 Å². The molecule has 0 radical (unpaired) electrons. The number of nitrogens with one attached hydrogen (secondary N) is 1. The molecule has 3 aromatic rings. The van der Waals surface area contributed by atoms with Crippen molar-refractivity contribution in [2.24, 2.45) is 0 Å². The fraction of sp³-hybridized carbons (Fsp3) is 0. The van der Waals surface area contributed by atoms with Crippen LogP contribution >= 0.6 is 11.3 Å². The molecule has 0 bridgehead atoms. The number of hydrogen-bond donors (Lipinski definition) is 1. The monoisotopic (exact) mass is 256 g/mol. The zero-order valence-electron chi connectivity index (χ0n) is 9.20. The van der Waals surface area contributed by atoms with E-state index in [0.29, 0.717) is 0 Å². The third-order valence-electron chi connectivity index (χ3n) is 2.47. The van der Waals surface area contributed by atoms with Gasteiger partial charge in [-0.3, -0.25) is 9.97 Å². The van der Waals surface area contributed by atoms with Gasteiger partial charge in [0.1, 0.15) is 0 Å². The first-order valence-corrected chi connectivity index (χ1v) is 6.17. The van der Waals surface area contributed by atoms with Gasteiger partial charge in [0, 0.05) is 40.5 Å². The van der Waals surface area contributed by atoms with E-state index < -0.39 is 0 Å². The number of rotatable bonds is 2. The smallest absolute Gasteiger partial charge is 0.305 e. The molecule has 0 saturated carbocycles. The molecule has 0 saturated heterocycles. The highest BCUT2D eigenvalue weighted by molar-refractivity contribution is 7.08. The summed E-state index contributed by atoms with van der Waals surface area (Å²) in [6.45, 7) is 0. The van der Waals surface area contributed by atoms with Crippen molar-refractivity contribution in [1.29, 1.82) is 0 Å². The molecule has 0 aromatic carbocycles. The zero-order chi connectivity index (χ0) is 12.4. The van der Waals surface area contributed by atoms with Crippen LogP contribution in [0.25, 0.3) is 22.5 Å². The Bertz CT molecular complexity index is 720. The van der Waals surface area contributed by atoms with E-state index in [-0.39, 0.29) is 5.69 Å². The highest BCUT2D eigenvalue weighted by Crippen LogP contribution is 2.32. The highest BCUT2D eigenvalue weighted by atomic mass is 32.1. The molecule has 0 atom stereocenters. The number of thiophene rings is 1. The molecule has 3 aromatic heterocycles. The second-order valence-corrected chi connectivity index (χ2v) is 4.32. The second kappa shape index (κ2) is 4.50. The van der Waals surface area contributed by atoms with E-state index in [9.17, 15) is 4.79 Å². The quantitative estimate of drug-likeness (QED) is 0.760. The summed E-state index contributed by atoms with van der Waals surface area (Å²) in [6, 6.07) is 1.77. The number of H-pyrrole nitrogens is 1. The fourth-order valence-corrected chi connectivity index (χ4v) is 2.51. The molecule has 5 nitrogen and oxygen atoms in total. The average molecular weight is 256 g/mol. The van der Waals surface area contributed by atoms with Gasteiger partial charge in [-0.15, -0.1) is 0 Å². The van der Waals surface area contributed by atoms with Crippen LogP contribution in [-0.4, -0.2) is 19.9 Å². The van der Waals surface area contributed by atoms with Crippen LogP contribution in [0.4, 0.5) is 0 Å². The standard InChI is InChI=1S/C12H8N4OS/c17-12-15-2-1-10(16-12)8-6-18-7-9(8)11-5-13-3-4-14-11/h1-7H,(H,15,16,17). The topological polar surface area (TPSA) is 71.5 Å². The molecule has 1 N–H and O–H groups in total. The predicted molar refractivity (Wildman–Crippen MR) is 69.2 cm³/mol. The van der Waals surface area contributed by atoms with Crippen molar-refractivity contribution >= 4 is 11.3 Å². The Hall–Kier alpha value is -2.34. The molecule has 0 aliphatic carbocycles. The molecule has 3 heterocycles. The van der Waals surface area contributed by atoms with Gasteiger partial charge in [0.05, 0.1) is 17.6 Å².